The third-order valence-corrected chi connectivity index (χ3v) is 4.82. The van der Waals surface area contributed by atoms with Crippen LogP contribution in [0.2, 0.25) is 0 Å². The van der Waals surface area contributed by atoms with E-state index in [0.717, 1.165) is 22.3 Å². The lowest BCUT2D eigenvalue weighted by Gasteiger charge is -2.21. The van der Waals surface area contributed by atoms with Crippen LogP contribution >= 0.6 is 0 Å². The zero-order chi connectivity index (χ0) is 24.0. The topological polar surface area (TPSA) is 103 Å². The second-order valence-corrected chi connectivity index (χ2v) is 7.66. The zero-order valence-electron chi connectivity index (χ0n) is 19.4. The first-order valence-corrected chi connectivity index (χ1v) is 10.6. The summed E-state index contributed by atoms with van der Waals surface area (Å²) in [6.45, 7) is 4.92. The van der Waals surface area contributed by atoms with Crippen molar-refractivity contribution in [2.45, 2.75) is 33.6 Å². The summed E-state index contributed by atoms with van der Waals surface area (Å²) in [4.78, 5) is 34.9. The van der Waals surface area contributed by atoms with Crippen LogP contribution in [0.3, 0.4) is 0 Å². The maximum Gasteiger partial charge on any atom is 0.410 e. The summed E-state index contributed by atoms with van der Waals surface area (Å²) >= 11 is 0. The molecule has 0 aliphatic carbocycles. The van der Waals surface area contributed by atoms with Crippen molar-refractivity contribution >= 4 is 34.5 Å². The van der Waals surface area contributed by atoms with Gasteiger partial charge in [-0.2, -0.15) is 0 Å². The van der Waals surface area contributed by atoms with E-state index in [9.17, 15) is 9.59 Å². The van der Waals surface area contributed by atoms with E-state index >= 15 is 0 Å². The van der Waals surface area contributed by atoms with Gasteiger partial charge in [0.15, 0.2) is 5.82 Å². The van der Waals surface area contributed by atoms with Crippen molar-refractivity contribution in [3.8, 4) is 5.75 Å². The van der Waals surface area contributed by atoms with Crippen molar-refractivity contribution in [2.75, 3.05) is 19.1 Å². The number of aromatic nitrogens is 2. The van der Waals surface area contributed by atoms with E-state index in [1.54, 1.807) is 21.0 Å². The first-order valence-electron chi connectivity index (χ1n) is 10.6. The van der Waals surface area contributed by atoms with E-state index in [-0.39, 0.29) is 12.5 Å². The van der Waals surface area contributed by atoms with E-state index in [2.05, 4.69) is 15.3 Å². The van der Waals surface area contributed by atoms with E-state index in [1.165, 1.54) is 6.92 Å². The number of fused-ring (bicyclic) bond motifs is 1. The Hall–Kier alpha value is -3.88. The molecule has 1 unspecified atom stereocenters. The molecule has 0 saturated heterocycles. The third-order valence-electron chi connectivity index (χ3n) is 4.82. The SMILES string of the molecule is COc1ccc(N(C)c2nc(CNC(=O)OC(C)OC(=O)C(C)C)nc3ccccc23)cc1. The molecular formula is C24H28N4O5. The summed E-state index contributed by atoms with van der Waals surface area (Å²) in [7, 11) is 3.53. The highest BCUT2D eigenvalue weighted by molar-refractivity contribution is 5.91. The minimum atomic E-state index is -1.01. The van der Waals surface area contributed by atoms with Crippen LogP contribution in [0.15, 0.2) is 48.5 Å². The number of hydrogen-bond acceptors (Lipinski definition) is 8. The second-order valence-electron chi connectivity index (χ2n) is 7.66. The molecule has 1 N–H and O–H groups in total. The number of carbonyl (C=O) groups is 2. The summed E-state index contributed by atoms with van der Waals surface area (Å²) in [5.41, 5.74) is 1.66. The molecule has 33 heavy (non-hydrogen) atoms. The van der Waals surface area contributed by atoms with Gasteiger partial charge in [-0.3, -0.25) is 4.79 Å². The van der Waals surface area contributed by atoms with Gasteiger partial charge in [0.1, 0.15) is 11.6 Å². The molecule has 0 bridgehead atoms. The van der Waals surface area contributed by atoms with Crippen LogP contribution in [-0.2, 0) is 20.8 Å². The van der Waals surface area contributed by atoms with Crippen molar-refractivity contribution in [3.05, 3.63) is 54.4 Å². The third kappa shape index (κ3) is 6.09. The van der Waals surface area contributed by atoms with Crippen molar-refractivity contribution in [3.63, 3.8) is 0 Å². The molecule has 3 aromatic rings. The quantitative estimate of drug-likeness (QED) is 0.401. The van der Waals surface area contributed by atoms with E-state index in [4.69, 9.17) is 14.2 Å². The van der Waals surface area contributed by atoms with Crippen LogP contribution < -0.4 is 15.0 Å². The fourth-order valence-corrected chi connectivity index (χ4v) is 3.04. The van der Waals surface area contributed by atoms with Crippen LogP contribution in [-0.4, -0.2) is 42.5 Å². The maximum absolute atomic E-state index is 12.1. The average molecular weight is 453 g/mol. The fraction of sp³-hybridized carbons (Fsp3) is 0.333. The minimum absolute atomic E-state index is 0.0396. The Labute approximate surface area is 192 Å². The number of nitrogens with one attached hydrogen (secondary N) is 1. The number of benzene rings is 2. The number of para-hydroxylation sites is 1. The number of nitrogens with zero attached hydrogens (tertiary/aromatic N) is 3. The van der Waals surface area contributed by atoms with E-state index in [0.29, 0.717) is 11.6 Å². The summed E-state index contributed by atoms with van der Waals surface area (Å²) in [5.74, 6) is 1.10. The van der Waals surface area contributed by atoms with Crippen LogP contribution in [0.25, 0.3) is 10.9 Å². The molecule has 0 fully saturated rings. The van der Waals surface area contributed by atoms with Crippen LogP contribution in [0, 0.1) is 5.92 Å². The van der Waals surface area contributed by atoms with E-state index in [1.807, 2.05) is 60.5 Å². The van der Waals surface area contributed by atoms with E-state index < -0.39 is 18.4 Å². The number of hydrogen-bond donors (Lipinski definition) is 1. The number of amides is 1. The number of carbonyl (C=O) groups excluding carboxylic acids is 2. The van der Waals surface area contributed by atoms with Gasteiger partial charge in [0.25, 0.3) is 0 Å². The van der Waals surface area contributed by atoms with Gasteiger partial charge in [-0.1, -0.05) is 26.0 Å². The molecule has 0 saturated carbocycles. The summed E-state index contributed by atoms with van der Waals surface area (Å²) in [6, 6.07) is 15.3. The predicted molar refractivity (Wildman–Crippen MR) is 124 cm³/mol. The largest absolute Gasteiger partial charge is 0.497 e. The van der Waals surface area contributed by atoms with Crippen LogP contribution in [0.1, 0.15) is 26.6 Å². The summed E-state index contributed by atoms with van der Waals surface area (Å²) < 4.78 is 15.4. The van der Waals surface area contributed by atoms with Crippen molar-refractivity contribution in [1.82, 2.24) is 15.3 Å². The summed E-state index contributed by atoms with van der Waals surface area (Å²) in [6.07, 6.45) is -1.74. The minimum Gasteiger partial charge on any atom is -0.497 e. The molecule has 9 nitrogen and oxygen atoms in total. The van der Waals surface area contributed by atoms with Crippen molar-refractivity contribution < 1.29 is 23.8 Å². The molecule has 1 atom stereocenters. The molecule has 9 heteroatoms. The van der Waals surface area contributed by atoms with Gasteiger partial charge in [0, 0.05) is 25.0 Å². The second kappa shape index (κ2) is 10.6. The Balaban J connectivity index is 1.76. The van der Waals surface area contributed by atoms with Gasteiger partial charge in [-0.25, -0.2) is 14.8 Å². The van der Waals surface area contributed by atoms with Crippen molar-refractivity contribution in [1.29, 1.82) is 0 Å². The maximum atomic E-state index is 12.1. The molecular weight excluding hydrogens is 424 g/mol. The first kappa shape index (κ1) is 23.8. The van der Waals surface area contributed by atoms with Gasteiger partial charge >= 0.3 is 12.1 Å². The lowest BCUT2D eigenvalue weighted by atomic mass is 10.2. The Bertz CT molecular complexity index is 1120. The number of alkyl carbamates (subject to hydrolysis) is 1. The molecule has 1 aromatic heterocycles. The van der Waals surface area contributed by atoms with Gasteiger partial charge in [0.2, 0.25) is 6.29 Å². The van der Waals surface area contributed by atoms with Gasteiger partial charge in [0.05, 0.1) is 25.1 Å². The molecule has 0 radical (unpaired) electrons. The normalized spacial score (nSPS) is 11.7. The van der Waals surface area contributed by atoms with Crippen molar-refractivity contribution in [2.24, 2.45) is 5.92 Å². The summed E-state index contributed by atoms with van der Waals surface area (Å²) in [5, 5.41) is 3.48. The average Bonchev–Trinajstić information content (AvgIpc) is 2.81. The molecule has 3 rings (SSSR count). The monoisotopic (exact) mass is 452 g/mol. The van der Waals surface area contributed by atoms with Crippen LogP contribution in [0.5, 0.6) is 5.75 Å². The highest BCUT2D eigenvalue weighted by Crippen LogP contribution is 2.29. The lowest BCUT2D eigenvalue weighted by molar-refractivity contribution is -0.168. The number of ether oxygens (including phenoxy) is 3. The molecule has 0 spiro atoms. The van der Waals surface area contributed by atoms with Gasteiger partial charge in [-0.15, -0.1) is 0 Å². The number of rotatable bonds is 8. The molecule has 1 amide bonds. The lowest BCUT2D eigenvalue weighted by Crippen LogP contribution is -2.31. The smallest absolute Gasteiger partial charge is 0.410 e. The number of methoxy groups -OCH3 is 1. The molecule has 0 aliphatic heterocycles. The zero-order valence-corrected chi connectivity index (χ0v) is 19.4. The van der Waals surface area contributed by atoms with Gasteiger partial charge < -0.3 is 24.4 Å². The van der Waals surface area contributed by atoms with Crippen LogP contribution in [0.4, 0.5) is 16.3 Å². The first-order chi connectivity index (χ1) is 15.8. The number of esters is 1. The molecule has 0 aliphatic rings. The Morgan fingerprint density at radius 3 is 2.36 bits per heavy atom. The molecule has 2 aromatic carbocycles. The molecule has 1 heterocycles. The fourth-order valence-electron chi connectivity index (χ4n) is 3.04. The standard InChI is InChI=1S/C24H28N4O5/c1-15(2)23(29)32-16(3)33-24(30)25-14-21-26-20-9-7-6-8-19(20)22(27-21)28(4)17-10-12-18(31-5)13-11-17/h6-13,15-16H,14H2,1-5H3,(H,25,30). The highest BCUT2D eigenvalue weighted by Gasteiger charge is 2.18. The Morgan fingerprint density at radius 1 is 1.00 bits per heavy atom. The van der Waals surface area contributed by atoms with Gasteiger partial charge in [-0.05, 0) is 36.4 Å². The number of anilines is 2. The predicted octanol–water partition coefficient (Wildman–Crippen LogP) is 4.18. The Kier molecular flexibility index (Phi) is 7.66. The molecule has 174 valence electrons. The highest BCUT2D eigenvalue weighted by atomic mass is 16.7. The Morgan fingerprint density at radius 2 is 1.70 bits per heavy atom.